The molecular formula is C27H18ClFN4O4S. The highest BCUT2D eigenvalue weighted by molar-refractivity contribution is 7.92. The Balaban J connectivity index is 1.63. The number of sulfone groups is 1. The molecule has 1 N–H and O–H groups in total. The Morgan fingerprint density at radius 2 is 1.76 bits per heavy atom. The summed E-state index contributed by atoms with van der Waals surface area (Å²) in [5.41, 5.74) is 2.63. The van der Waals surface area contributed by atoms with Gasteiger partial charge in [-0.15, -0.1) is 0 Å². The molecule has 0 bridgehead atoms. The molecule has 0 aliphatic rings. The lowest BCUT2D eigenvalue weighted by Gasteiger charge is -2.13. The van der Waals surface area contributed by atoms with E-state index in [4.69, 9.17) is 11.6 Å². The van der Waals surface area contributed by atoms with Crippen molar-refractivity contribution in [3.05, 3.63) is 106 Å². The largest absolute Gasteiger partial charge is 0.337 e. The van der Waals surface area contributed by atoms with E-state index in [1.807, 2.05) is 36.4 Å². The molecule has 11 heteroatoms. The standard InChI is InChI=1S/C27H18ClFN4O4S/c1-15-9-17(10-24(28)31-15)19-11-20-22(34)12-21(32-27(20)33-26(19)16-5-3-2-4-6-16)23(35)14-38(36,37)25-8-7-18(29)13-30-25/h2-13H,14H2,1H3,(H,32,33,34). The highest BCUT2D eigenvalue weighted by Gasteiger charge is 2.24. The Hall–Kier alpha value is -4.28. The average Bonchev–Trinajstić information content (AvgIpc) is 2.88. The predicted molar refractivity (Wildman–Crippen MR) is 141 cm³/mol. The van der Waals surface area contributed by atoms with E-state index in [1.54, 1.807) is 19.1 Å². The van der Waals surface area contributed by atoms with Crippen LogP contribution in [0.15, 0.2) is 82.7 Å². The number of carbonyl (C=O) groups is 1. The SMILES string of the molecule is Cc1cc(-c2cc3c(=O)cc(C(=O)CS(=O)(=O)c4ccc(F)cn4)[nH]c3nc2-c2ccccc2)cc(Cl)n1. The fourth-order valence-electron chi connectivity index (χ4n) is 4.01. The molecule has 0 radical (unpaired) electrons. The van der Waals surface area contributed by atoms with Crippen LogP contribution < -0.4 is 5.43 Å². The summed E-state index contributed by atoms with van der Waals surface area (Å²) >= 11 is 6.20. The van der Waals surface area contributed by atoms with Crippen LogP contribution in [-0.4, -0.2) is 39.9 Å². The lowest BCUT2D eigenvalue weighted by Crippen LogP contribution is -2.20. The summed E-state index contributed by atoms with van der Waals surface area (Å²) in [5, 5.41) is 0.0338. The number of aromatic amines is 1. The summed E-state index contributed by atoms with van der Waals surface area (Å²) in [6, 6.07) is 17.3. The van der Waals surface area contributed by atoms with Crippen LogP contribution in [0.4, 0.5) is 4.39 Å². The van der Waals surface area contributed by atoms with Gasteiger partial charge in [-0.05, 0) is 42.8 Å². The normalized spacial score (nSPS) is 11.6. The Kier molecular flexibility index (Phi) is 6.60. The van der Waals surface area contributed by atoms with Crippen LogP contribution in [0.1, 0.15) is 16.2 Å². The molecule has 4 heterocycles. The molecule has 5 rings (SSSR count). The molecule has 0 aliphatic carbocycles. The third-order valence-corrected chi connectivity index (χ3v) is 7.45. The number of nitrogens with one attached hydrogen (secondary N) is 1. The van der Waals surface area contributed by atoms with Crippen molar-refractivity contribution in [2.45, 2.75) is 11.9 Å². The molecule has 0 fully saturated rings. The molecule has 0 saturated carbocycles. The fourth-order valence-corrected chi connectivity index (χ4v) is 5.40. The minimum absolute atomic E-state index is 0.109. The molecule has 5 aromatic rings. The van der Waals surface area contributed by atoms with E-state index >= 15 is 0 Å². The summed E-state index contributed by atoms with van der Waals surface area (Å²) in [4.78, 5) is 41.2. The monoisotopic (exact) mass is 548 g/mol. The molecule has 0 spiro atoms. The summed E-state index contributed by atoms with van der Waals surface area (Å²) in [7, 11) is -4.18. The molecule has 1 aromatic carbocycles. The number of fused-ring (bicyclic) bond motifs is 1. The topological polar surface area (TPSA) is 123 Å². The first-order valence-electron chi connectivity index (χ1n) is 11.3. The number of aryl methyl sites for hydroxylation is 1. The third kappa shape index (κ3) is 5.09. The van der Waals surface area contributed by atoms with Crippen LogP contribution in [0.5, 0.6) is 0 Å². The molecular weight excluding hydrogens is 531 g/mol. The molecule has 0 amide bonds. The van der Waals surface area contributed by atoms with E-state index in [-0.39, 0.29) is 21.9 Å². The summed E-state index contributed by atoms with van der Waals surface area (Å²) in [5.74, 6) is -2.54. The molecule has 0 unspecified atom stereocenters. The van der Waals surface area contributed by atoms with Gasteiger partial charge >= 0.3 is 0 Å². The minimum Gasteiger partial charge on any atom is -0.337 e. The zero-order valence-corrected chi connectivity index (χ0v) is 21.3. The van der Waals surface area contributed by atoms with E-state index in [1.165, 1.54) is 0 Å². The lowest BCUT2D eigenvalue weighted by atomic mass is 9.98. The Morgan fingerprint density at radius 1 is 1.00 bits per heavy atom. The second-order valence-corrected chi connectivity index (χ2v) is 10.8. The molecule has 190 valence electrons. The maximum absolute atomic E-state index is 13.1. The maximum Gasteiger partial charge on any atom is 0.203 e. The molecule has 8 nitrogen and oxygen atoms in total. The number of carbonyl (C=O) groups excluding carboxylic acids is 1. The lowest BCUT2D eigenvalue weighted by molar-refractivity contribution is 0.101. The van der Waals surface area contributed by atoms with Crippen molar-refractivity contribution < 1.29 is 17.6 Å². The van der Waals surface area contributed by atoms with E-state index in [2.05, 4.69) is 19.9 Å². The number of pyridine rings is 4. The van der Waals surface area contributed by atoms with E-state index in [0.717, 1.165) is 30.0 Å². The molecule has 38 heavy (non-hydrogen) atoms. The van der Waals surface area contributed by atoms with Gasteiger partial charge < -0.3 is 4.98 Å². The van der Waals surface area contributed by atoms with Crippen LogP contribution in [-0.2, 0) is 9.84 Å². The van der Waals surface area contributed by atoms with Gasteiger partial charge in [0.15, 0.2) is 16.2 Å². The summed E-state index contributed by atoms with van der Waals surface area (Å²) in [6.45, 7) is 1.80. The van der Waals surface area contributed by atoms with Crippen LogP contribution in [0.3, 0.4) is 0 Å². The van der Waals surface area contributed by atoms with Gasteiger partial charge in [-0.25, -0.2) is 27.8 Å². The van der Waals surface area contributed by atoms with Crippen molar-refractivity contribution in [2.75, 3.05) is 5.75 Å². The van der Waals surface area contributed by atoms with Crippen molar-refractivity contribution in [1.29, 1.82) is 0 Å². The highest BCUT2D eigenvalue weighted by Crippen LogP contribution is 2.33. The predicted octanol–water partition coefficient (Wildman–Crippen LogP) is 4.80. The van der Waals surface area contributed by atoms with Gasteiger partial charge in [-0.1, -0.05) is 41.9 Å². The molecule has 0 atom stereocenters. The number of rotatable bonds is 6. The van der Waals surface area contributed by atoms with Crippen molar-refractivity contribution in [3.63, 3.8) is 0 Å². The first-order valence-corrected chi connectivity index (χ1v) is 13.3. The average molecular weight is 549 g/mol. The number of H-pyrrole nitrogens is 1. The van der Waals surface area contributed by atoms with Gasteiger partial charge in [0.05, 0.1) is 23.0 Å². The van der Waals surface area contributed by atoms with Gasteiger partial charge in [0, 0.05) is 22.9 Å². The number of aromatic nitrogens is 4. The highest BCUT2D eigenvalue weighted by atomic mass is 35.5. The van der Waals surface area contributed by atoms with Crippen molar-refractivity contribution in [2.24, 2.45) is 0 Å². The molecule has 0 aliphatic heterocycles. The number of halogens is 2. The minimum atomic E-state index is -4.18. The van der Waals surface area contributed by atoms with Crippen LogP contribution >= 0.6 is 11.6 Å². The Bertz CT molecular complexity index is 1860. The zero-order valence-electron chi connectivity index (χ0n) is 19.8. The number of ketones is 1. The molecule has 0 saturated heterocycles. The van der Waals surface area contributed by atoms with Gasteiger partial charge in [0.1, 0.15) is 22.4 Å². The van der Waals surface area contributed by atoms with Crippen LogP contribution in [0.2, 0.25) is 5.15 Å². The van der Waals surface area contributed by atoms with E-state index in [9.17, 15) is 22.4 Å². The van der Waals surface area contributed by atoms with Gasteiger partial charge in [-0.2, -0.15) is 0 Å². The second-order valence-electron chi connectivity index (χ2n) is 8.51. The number of hydrogen-bond acceptors (Lipinski definition) is 7. The number of hydrogen-bond donors (Lipinski definition) is 1. The van der Waals surface area contributed by atoms with Crippen molar-refractivity contribution in [1.82, 2.24) is 19.9 Å². The van der Waals surface area contributed by atoms with E-state index < -0.39 is 37.6 Å². The zero-order chi connectivity index (χ0) is 27.0. The summed E-state index contributed by atoms with van der Waals surface area (Å²) in [6.07, 6.45) is 0.749. The second kappa shape index (κ2) is 9.88. The summed E-state index contributed by atoms with van der Waals surface area (Å²) < 4.78 is 38.4. The first kappa shape index (κ1) is 25.4. The van der Waals surface area contributed by atoms with Crippen molar-refractivity contribution >= 4 is 38.3 Å². The van der Waals surface area contributed by atoms with Crippen LogP contribution in [0.25, 0.3) is 33.4 Å². The number of nitrogens with zero attached hydrogens (tertiary/aromatic N) is 3. The third-order valence-electron chi connectivity index (χ3n) is 5.74. The Labute approximate surface area is 221 Å². The van der Waals surface area contributed by atoms with E-state index in [0.29, 0.717) is 22.5 Å². The smallest absolute Gasteiger partial charge is 0.203 e. The fraction of sp³-hybridized carbons (Fsp3) is 0.0741. The first-order chi connectivity index (χ1) is 18.1. The van der Waals surface area contributed by atoms with Crippen LogP contribution in [0, 0.1) is 12.7 Å². The van der Waals surface area contributed by atoms with Gasteiger partial charge in [0.25, 0.3) is 0 Å². The van der Waals surface area contributed by atoms with Gasteiger partial charge in [0.2, 0.25) is 9.84 Å². The van der Waals surface area contributed by atoms with Crippen molar-refractivity contribution in [3.8, 4) is 22.4 Å². The maximum atomic E-state index is 13.1. The Morgan fingerprint density at radius 3 is 2.45 bits per heavy atom. The van der Waals surface area contributed by atoms with Gasteiger partial charge in [-0.3, -0.25) is 9.59 Å². The quantitative estimate of drug-likeness (QED) is 0.239. The number of benzene rings is 1. The molecule has 4 aromatic heterocycles. The number of Topliss-reactive ketones (excluding diaryl/α,β-unsaturated/α-hetero) is 1.